The summed E-state index contributed by atoms with van der Waals surface area (Å²) in [5, 5.41) is 4.16. The minimum atomic E-state index is -0.0653. The summed E-state index contributed by atoms with van der Waals surface area (Å²) in [6.45, 7) is 1.81. The number of urea groups is 1. The van der Waals surface area contributed by atoms with Crippen LogP contribution >= 0.6 is 23.2 Å². The fourth-order valence-corrected chi connectivity index (χ4v) is 3.32. The molecule has 0 saturated carbocycles. The van der Waals surface area contributed by atoms with Gasteiger partial charge in [-0.3, -0.25) is 0 Å². The second-order valence-corrected chi connectivity index (χ2v) is 6.90. The Morgan fingerprint density at radius 2 is 1.96 bits per heavy atom. The molecule has 26 heavy (non-hydrogen) atoms. The largest absolute Gasteiger partial charge is 0.460 e. The molecule has 2 amide bonds. The molecule has 0 radical (unpaired) electrons. The monoisotopic (exact) mass is 394 g/mol. The number of hydrogen-bond acceptors (Lipinski definition) is 4. The predicted molar refractivity (Wildman–Crippen MR) is 101 cm³/mol. The van der Waals surface area contributed by atoms with Gasteiger partial charge in [0.2, 0.25) is 0 Å². The highest BCUT2D eigenvalue weighted by atomic mass is 35.5. The first kappa shape index (κ1) is 18.7. The van der Waals surface area contributed by atoms with Crippen LogP contribution in [-0.2, 0) is 6.42 Å². The van der Waals surface area contributed by atoms with Gasteiger partial charge in [-0.2, -0.15) is 0 Å². The van der Waals surface area contributed by atoms with Crippen molar-refractivity contribution in [3.8, 4) is 6.01 Å². The lowest BCUT2D eigenvalue weighted by Gasteiger charge is -2.31. The Balaban J connectivity index is 1.39. The number of rotatable bonds is 5. The van der Waals surface area contributed by atoms with Gasteiger partial charge >= 0.3 is 12.0 Å². The summed E-state index contributed by atoms with van der Waals surface area (Å²) in [4.78, 5) is 22.2. The molecule has 8 heteroatoms. The number of carbonyl (C=O) groups excluding carboxylic acids is 1. The standard InChI is InChI=1S/C18H20Cl2N4O2/c19-14-3-2-13(16(20)12-14)4-9-23-18(25)24-10-5-15(6-11-24)26-17-21-7-1-8-22-17/h1-3,7-8,12,15H,4-6,9-11H2,(H,23,25). The van der Waals surface area contributed by atoms with Crippen molar-refractivity contribution in [2.45, 2.75) is 25.4 Å². The minimum Gasteiger partial charge on any atom is -0.460 e. The highest BCUT2D eigenvalue weighted by molar-refractivity contribution is 6.35. The van der Waals surface area contributed by atoms with E-state index >= 15 is 0 Å². The first-order valence-electron chi connectivity index (χ1n) is 8.52. The van der Waals surface area contributed by atoms with Crippen LogP contribution in [0.25, 0.3) is 0 Å². The lowest BCUT2D eigenvalue weighted by molar-refractivity contribution is 0.103. The van der Waals surface area contributed by atoms with Crippen LogP contribution in [0.3, 0.4) is 0 Å². The Morgan fingerprint density at radius 3 is 2.65 bits per heavy atom. The Morgan fingerprint density at radius 1 is 1.23 bits per heavy atom. The normalized spacial score (nSPS) is 14.9. The van der Waals surface area contributed by atoms with Crippen molar-refractivity contribution >= 4 is 29.2 Å². The van der Waals surface area contributed by atoms with Gasteiger partial charge in [0, 0.05) is 54.9 Å². The number of nitrogens with zero attached hydrogens (tertiary/aromatic N) is 3. The predicted octanol–water partition coefficient (Wildman–Crippen LogP) is 3.58. The molecule has 0 atom stereocenters. The molecular weight excluding hydrogens is 375 g/mol. The van der Waals surface area contributed by atoms with E-state index in [1.165, 1.54) is 0 Å². The Bertz CT molecular complexity index is 737. The van der Waals surface area contributed by atoms with Gasteiger partial charge in [-0.25, -0.2) is 14.8 Å². The van der Waals surface area contributed by atoms with Gasteiger partial charge in [-0.15, -0.1) is 0 Å². The summed E-state index contributed by atoms with van der Waals surface area (Å²) in [5.74, 6) is 0. The molecular formula is C18H20Cl2N4O2. The summed E-state index contributed by atoms with van der Waals surface area (Å²) in [7, 11) is 0. The summed E-state index contributed by atoms with van der Waals surface area (Å²) in [6.07, 6.45) is 5.51. The lowest BCUT2D eigenvalue weighted by Crippen LogP contribution is -2.47. The number of halogens is 2. The molecule has 6 nitrogen and oxygen atoms in total. The van der Waals surface area contributed by atoms with Crippen molar-refractivity contribution in [3.05, 3.63) is 52.3 Å². The first-order valence-corrected chi connectivity index (χ1v) is 9.28. The SMILES string of the molecule is O=C(NCCc1ccc(Cl)cc1Cl)N1CCC(Oc2ncccn2)CC1. The molecule has 1 aliphatic heterocycles. The van der Waals surface area contributed by atoms with E-state index in [4.69, 9.17) is 27.9 Å². The fourth-order valence-electron chi connectivity index (χ4n) is 2.81. The average molecular weight is 395 g/mol. The zero-order valence-corrected chi connectivity index (χ0v) is 15.7. The molecule has 1 fully saturated rings. The molecule has 1 saturated heterocycles. The van der Waals surface area contributed by atoms with Gasteiger partial charge < -0.3 is 15.0 Å². The second kappa shape index (κ2) is 9.05. The molecule has 0 unspecified atom stereocenters. The molecule has 2 heterocycles. The Hall–Kier alpha value is -2.05. The number of ether oxygens (including phenoxy) is 1. The third kappa shape index (κ3) is 5.22. The van der Waals surface area contributed by atoms with E-state index in [2.05, 4.69) is 15.3 Å². The number of benzene rings is 1. The third-order valence-corrected chi connectivity index (χ3v) is 4.82. The van der Waals surface area contributed by atoms with Crippen LogP contribution in [0.4, 0.5) is 4.79 Å². The van der Waals surface area contributed by atoms with E-state index < -0.39 is 0 Å². The van der Waals surface area contributed by atoms with Crippen LogP contribution in [0.2, 0.25) is 10.0 Å². The van der Waals surface area contributed by atoms with Crippen LogP contribution in [-0.4, -0.2) is 46.6 Å². The molecule has 138 valence electrons. The molecule has 0 spiro atoms. The number of carbonyl (C=O) groups is 1. The van der Waals surface area contributed by atoms with E-state index in [0.717, 1.165) is 18.4 Å². The molecule has 0 aliphatic carbocycles. The van der Waals surface area contributed by atoms with E-state index in [0.29, 0.717) is 42.1 Å². The smallest absolute Gasteiger partial charge is 0.317 e. The Kier molecular flexibility index (Phi) is 6.52. The van der Waals surface area contributed by atoms with Crippen LogP contribution < -0.4 is 10.1 Å². The zero-order chi connectivity index (χ0) is 18.4. The third-order valence-electron chi connectivity index (χ3n) is 4.23. The van der Waals surface area contributed by atoms with Gasteiger partial charge in [0.15, 0.2) is 0 Å². The van der Waals surface area contributed by atoms with Crippen molar-refractivity contribution in [3.63, 3.8) is 0 Å². The van der Waals surface area contributed by atoms with Gasteiger partial charge in [0.05, 0.1) is 0 Å². The van der Waals surface area contributed by atoms with Gasteiger partial charge in [-0.1, -0.05) is 29.3 Å². The summed E-state index contributed by atoms with van der Waals surface area (Å²) >= 11 is 12.0. The highest BCUT2D eigenvalue weighted by Gasteiger charge is 2.24. The summed E-state index contributed by atoms with van der Waals surface area (Å²) in [5.41, 5.74) is 0.964. The molecule has 0 bridgehead atoms. The lowest BCUT2D eigenvalue weighted by atomic mass is 10.1. The molecule has 1 N–H and O–H groups in total. The summed E-state index contributed by atoms with van der Waals surface area (Å²) < 4.78 is 5.74. The van der Waals surface area contributed by atoms with E-state index in [-0.39, 0.29) is 12.1 Å². The highest BCUT2D eigenvalue weighted by Crippen LogP contribution is 2.21. The van der Waals surface area contributed by atoms with Gasteiger partial charge in [0.25, 0.3) is 0 Å². The topological polar surface area (TPSA) is 67.4 Å². The zero-order valence-electron chi connectivity index (χ0n) is 14.2. The maximum atomic E-state index is 12.3. The molecule has 2 aromatic rings. The van der Waals surface area contributed by atoms with Gasteiger partial charge in [0.1, 0.15) is 6.10 Å². The number of amides is 2. The van der Waals surface area contributed by atoms with Crippen molar-refractivity contribution in [2.24, 2.45) is 0 Å². The van der Waals surface area contributed by atoms with Crippen molar-refractivity contribution in [1.29, 1.82) is 0 Å². The molecule has 1 aromatic heterocycles. The molecule has 3 rings (SSSR count). The fraction of sp³-hybridized carbons (Fsp3) is 0.389. The number of aromatic nitrogens is 2. The van der Waals surface area contributed by atoms with E-state index in [1.807, 2.05) is 6.07 Å². The van der Waals surface area contributed by atoms with Crippen molar-refractivity contribution in [2.75, 3.05) is 19.6 Å². The van der Waals surface area contributed by atoms with Crippen molar-refractivity contribution < 1.29 is 9.53 Å². The molecule has 1 aromatic carbocycles. The first-order chi connectivity index (χ1) is 12.6. The maximum absolute atomic E-state index is 12.3. The minimum absolute atomic E-state index is 0.0364. The number of piperidine rings is 1. The molecule has 1 aliphatic rings. The van der Waals surface area contributed by atoms with Crippen LogP contribution in [0, 0.1) is 0 Å². The number of hydrogen-bond donors (Lipinski definition) is 1. The number of nitrogens with one attached hydrogen (secondary N) is 1. The van der Waals surface area contributed by atoms with Crippen LogP contribution in [0.5, 0.6) is 6.01 Å². The van der Waals surface area contributed by atoms with E-state index in [9.17, 15) is 4.79 Å². The average Bonchev–Trinajstić information content (AvgIpc) is 2.65. The van der Waals surface area contributed by atoms with Crippen molar-refractivity contribution in [1.82, 2.24) is 20.2 Å². The van der Waals surface area contributed by atoms with E-state index in [1.54, 1.807) is 35.5 Å². The second-order valence-electron chi connectivity index (χ2n) is 6.05. The summed E-state index contributed by atoms with van der Waals surface area (Å²) in [6, 6.07) is 7.45. The van der Waals surface area contributed by atoms with Gasteiger partial charge in [-0.05, 0) is 30.2 Å². The number of likely N-dealkylation sites (tertiary alicyclic amines) is 1. The quantitative estimate of drug-likeness (QED) is 0.841. The van der Waals surface area contributed by atoms with Crippen LogP contribution in [0.1, 0.15) is 18.4 Å². The maximum Gasteiger partial charge on any atom is 0.317 e. The Labute approximate surface area is 162 Å². The van der Waals surface area contributed by atoms with Crippen LogP contribution in [0.15, 0.2) is 36.7 Å².